The van der Waals surface area contributed by atoms with Gasteiger partial charge < -0.3 is 15.1 Å². The van der Waals surface area contributed by atoms with Crippen LogP contribution >= 0.6 is 0 Å². The predicted molar refractivity (Wildman–Crippen MR) is 67.8 cm³/mol. The summed E-state index contributed by atoms with van der Waals surface area (Å²) in [6, 6.07) is 0.837. The number of nitrogens with one attached hydrogen (secondary N) is 1. The van der Waals surface area contributed by atoms with Crippen molar-refractivity contribution in [3.8, 4) is 0 Å². The second kappa shape index (κ2) is 5.96. The smallest absolute Gasteiger partial charge is 0.0346 e. The largest absolute Gasteiger partial charge is 0.314 e. The minimum Gasteiger partial charge on any atom is -0.314 e. The first kappa shape index (κ1) is 12.3. The highest BCUT2D eigenvalue weighted by Crippen LogP contribution is 2.09. The van der Waals surface area contributed by atoms with Crippen LogP contribution in [0.3, 0.4) is 0 Å². The van der Waals surface area contributed by atoms with Crippen LogP contribution in [0.5, 0.6) is 0 Å². The van der Waals surface area contributed by atoms with Crippen LogP contribution in [0.1, 0.15) is 6.42 Å². The Hall–Kier alpha value is -0.160. The molecular formula is C12H26N4. The number of piperazine rings is 1. The number of rotatable bonds is 5. The van der Waals surface area contributed by atoms with E-state index < -0.39 is 0 Å². The van der Waals surface area contributed by atoms with E-state index in [1.807, 2.05) is 0 Å². The topological polar surface area (TPSA) is 21.8 Å². The van der Waals surface area contributed by atoms with Gasteiger partial charge in [-0.3, -0.25) is 4.90 Å². The molecule has 0 aromatic heterocycles. The van der Waals surface area contributed by atoms with Crippen LogP contribution in [0, 0.1) is 0 Å². The van der Waals surface area contributed by atoms with E-state index in [4.69, 9.17) is 0 Å². The summed E-state index contributed by atoms with van der Waals surface area (Å²) in [5.74, 6) is 0. The zero-order valence-corrected chi connectivity index (χ0v) is 10.8. The number of nitrogens with zero attached hydrogens (tertiary/aromatic N) is 3. The van der Waals surface area contributed by atoms with Crippen molar-refractivity contribution in [2.45, 2.75) is 12.5 Å². The van der Waals surface area contributed by atoms with Crippen molar-refractivity contribution in [3.05, 3.63) is 0 Å². The maximum absolute atomic E-state index is 3.36. The summed E-state index contributed by atoms with van der Waals surface area (Å²) < 4.78 is 0. The van der Waals surface area contributed by atoms with Gasteiger partial charge >= 0.3 is 0 Å². The van der Waals surface area contributed by atoms with Crippen LogP contribution < -0.4 is 5.32 Å². The van der Waals surface area contributed by atoms with E-state index in [2.05, 4.69) is 34.1 Å². The normalized spacial score (nSPS) is 24.9. The molecule has 2 rings (SSSR count). The summed E-state index contributed by atoms with van der Waals surface area (Å²) in [7, 11) is 4.31. The van der Waals surface area contributed by atoms with Gasteiger partial charge in [-0.05, 0) is 33.6 Å². The highest BCUT2D eigenvalue weighted by atomic mass is 15.3. The third kappa shape index (κ3) is 3.42. The maximum Gasteiger partial charge on any atom is 0.0346 e. The van der Waals surface area contributed by atoms with Gasteiger partial charge in [0.15, 0.2) is 0 Å². The Labute approximate surface area is 99.6 Å². The lowest BCUT2D eigenvalue weighted by molar-refractivity contribution is 0.0715. The highest BCUT2D eigenvalue weighted by Gasteiger charge is 2.27. The molecule has 2 aliphatic rings. The van der Waals surface area contributed by atoms with Gasteiger partial charge in [-0.2, -0.15) is 0 Å². The molecule has 0 atom stereocenters. The van der Waals surface area contributed by atoms with Gasteiger partial charge in [0.05, 0.1) is 0 Å². The zero-order valence-electron chi connectivity index (χ0n) is 10.8. The van der Waals surface area contributed by atoms with Crippen LogP contribution in [-0.2, 0) is 0 Å². The average molecular weight is 226 g/mol. The molecule has 0 bridgehead atoms. The summed E-state index contributed by atoms with van der Waals surface area (Å²) in [5.41, 5.74) is 0. The summed E-state index contributed by atoms with van der Waals surface area (Å²) >= 11 is 0. The van der Waals surface area contributed by atoms with E-state index in [1.165, 1.54) is 58.8 Å². The van der Waals surface area contributed by atoms with Crippen molar-refractivity contribution >= 4 is 0 Å². The van der Waals surface area contributed by atoms with E-state index in [1.54, 1.807) is 0 Å². The molecule has 0 aromatic carbocycles. The second-order valence-electron chi connectivity index (χ2n) is 5.35. The van der Waals surface area contributed by atoms with E-state index >= 15 is 0 Å². The van der Waals surface area contributed by atoms with E-state index in [0.29, 0.717) is 0 Å². The second-order valence-corrected chi connectivity index (χ2v) is 5.35. The van der Waals surface area contributed by atoms with Crippen LogP contribution in [0.15, 0.2) is 0 Å². The molecule has 0 aromatic rings. The average Bonchev–Trinajstić information content (AvgIpc) is 2.17. The van der Waals surface area contributed by atoms with Crippen LogP contribution in [0.4, 0.5) is 0 Å². The van der Waals surface area contributed by atoms with Crippen LogP contribution in [0.2, 0.25) is 0 Å². The Morgan fingerprint density at radius 3 is 2.31 bits per heavy atom. The lowest BCUT2D eigenvalue weighted by atomic mass is 10.1. The van der Waals surface area contributed by atoms with Gasteiger partial charge in [-0.1, -0.05) is 0 Å². The van der Waals surface area contributed by atoms with Crippen LogP contribution in [0.25, 0.3) is 0 Å². The molecule has 0 unspecified atom stereocenters. The fourth-order valence-electron chi connectivity index (χ4n) is 2.49. The fraction of sp³-hybridized carbons (Fsp3) is 1.00. The molecule has 4 nitrogen and oxygen atoms in total. The molecule has 0 saturated carbocycles. The predicted octanol–water partition coefficient (Wildman–Crippen LogP) is -0.472. The number of hydrogen-bond acceptors (Lipinski definition) is 4. The monoisotopic (exact) mass is 226 g/mol. The first-order chi connectivity index (χ1) is 7.75. The third-order valence-electron chi connectivity index (χ3n) is 3.76. The third-order valence-corrected chi connectivity index (χ3v) is 3.76. The summed E-state index contributed by atoms with van der Waals surface area (Å²) in [6.07, 6.45) is 1.30. The molecule has 2 saturated heterocycles. The van der Waals surface area contributed by atoms with Crippen molar-refractivity contribution in [2.24, 2.45) is 0 Å². The molecule has 0 aliphatic carbocycles. The SMILES string of the molecule is CN(C)CCCN1CCN(C2CNC2)CC1. The van der Waals surface area contributed by atoms with Gasteiger partial charge in [-0.25, -0.2) is 0 Å². The maximum atomic E-state index is 3.36. The van der Waals surface area contributed by atoms with Crippen molar-refractivity contribution < 1.29 is 0 Å². The Kier molecular flexibility index (Phi) is 4.58. The molecule has 0 spiro atoms. The Bertz CT molecular complexity index is 195. The van der Waals surface area contributed by atoms with Crippen molar-refractivity contribution in [2.75, 3.05) is 66.5 Å². The molecule has 4 heteroatoms. The molecule has 1 N–H and O–H groups in total. The molecule has 2 fully saturated rings. The summed E-state index contributed by atoms with van der Waals surface area (Å²) in [5, 5.41) is 3.36. The summed E-state index contributed by atoms with van der Waals surface area (Å²) in [4.78, 5) is 7.54. The molecule has 0 amide bonds. The molecular weight excluding hydrogens is 200 g/mol. The van der Waals surface area contributed by atoms with Gasteiger partial charge in [0.25, 0.3) is 0 Å². The first-order valence-corrected chi connectivity index (χ1v) is 6.57. The quantitative estimate of drug-likeness (QED) is 0.684. The van der Waals surface area contributed by atoms with Crippen LogP contribution in [-0.4, -0.2) is 87.2 Å². The van der Waals surface area contributed by atoms with Gasteiger partial charge in [0.1, 0.15) is 0 Å². The first-order valence-electron chi connectivity index (χ1n) is 6.57. The van der Waals surface area contributed by atoms with E-state index in [0.717, 1.165) is 6.04 Å². The lowest BCUT2D eigenvalue weighted by Crippen LogP contribution is -2.61. The van der Waals surface area contributed by atoms with Gasteiger partial charge in [0, 0.05) is 45.3 Å². The minimum absolute atomic E-state index is 0.837. The standard InChI is InChI=1S/C12H26N4/c1-14(2)4-3-5-15-6-8-16(9-7-15)12-10-13-11-12/h12-13H,3-11H2,1-2H3. The fourth-order valence-corrected chi connectivity index (χ4v) is 2.49. The van der Waals surface area contributed by atoms with Crippen molar-refractivity contribution in [3.63, 3.8) is 0 Å². The molecule has 2 aliphatic heterocycles. The Balaban J connectivity index is 1.57. The minimum atomic E-state index is 0.837. The van der Waals surface area contributed by atoms with Gasteiger partial charge in [-0.15, -0.1) is 0 Å². The molecule has 2 heterocycles. The van der Waals surface area contributed by atoms with E-state index in [9.17, 15) is 0 Å². The lowest BCUT2D eigenvalue weighted by Gasteiger charge is -2.43. The Morgan fingerprint density at radius 1 is 1.12 bits per heavy atom. The molecule has 94 valence electrons. The van der Waals surface area contributed by atoms with Gasteiger partial charge in [0.2, 0.25) is 0 Å². The molecule has 0 radical (unpaired) electrons. The zero-order chi connectivity index (χ0) is 11.4. The number of hydrogen-bond donors (Lipinski definition) is 1. The Morgan fingerprint density at radius 2 is 1.81 bits per heavy atom. The van der Waals surface area contributed by atoms with Crippen molar-refractivity contribution in [1.29, 1.82) is 0 Å². The van der Waals surface area contributed by atoms with Crippen molar-refractivity contribution in [1.82, 2.24) is 20.0 Å². The highest BCUT2D eigenvalue weighted by molar-refractivity contribution is 4.87. The molecule has 16 heavy (non-hydrogen) atoms. The summed E-state index contributed by atoms with van der Waals surface area (Å²) in [6.45, 7) is 9.99. The van der Waals surface area contributed by atoms with E-state index in [-0.39, 0.29) is 0 Å².